The van der Waals surface area contributed by atoms with E-state index in [1.807, 2.05) is 49.1 Å². The molecule has 1 aromatic carbocycles. The number of rotatable bonds is 5. The Morgan fingerprint density at radius 1 is 1.16 bits per heavy atom. The van der Waals surface area contributed by atoms with Gasteiger partial charge in [-0.05, 0) is 40.2 Å². The minimum Gasteiger partial charge on any atom is -0.342 e. The van der Waals surface area contributed by atoms with Gasteiger partial charge in [0.15, 0.2) is 0 Å². The van der Waals surface area contributed by atoms with E-state index in [0.29, 0.717) is 0 Å². The summed E-state index contributed by atoms with van der Waals surface area (Å²) in [4.78, 5) is 14.5. The molecular weight excluding hydrogens is 236 g/mol. The van der Waals surface area contributed by atoms with Gasteiger partial charge in [-0.1, -0.05) is 30.3 Å². The van der Waals surface area contributed by atoms with Crippen molar-refractivity contribution in [3.05, 3.63) is 35.9 Å². The van der Waals surface area contributed by atoms with Crippen LogP contribution in [0.2, 0.25) is 0 Å². The van der Waals surface area contributed by atoms with Crippen LogP contribution in [-0.2, 0) is 4.79 Å². The third-order valence-corrected chi connectivity index (χ3v) is 3.03. The zero-order chi connectivity index (χ0) is 14.5. The lowest BCUT2D eigenvalue weighted by molar-refractivity contribution is -0.133. The second-order valence-corrected chi connectivity index (χ2v) is 5.75. The number of nitrogens with one attached hydrogen (secondary N) is 1. The van der Waals surface area contributed by atoms with Crippen LogP contribution in [-0.4, -0.2) is 29.4 Å². The van der Waals surface area contributed by atoms with Crippen molar-refractivity contribution in [3.8, 4) is 0 Å². The van der Waals surface area contributed by atoms with Crippen LogP contribution in [0, 0.1) is 0 Å². The number of benzene rings is 1. The molecule has 0 aliphatic rings. The van der Waals surface area contributed by atoms with Crippen LogP contribution in [0.15, 0.2) is 30.3 Å². The summed E-state index contributed by atoms with van der Waals surface area (Å²) < 4.78 is 0. The zero-order valence-corrected chi connectivity index (χ0v) is 12.7. The molecule has 0 saturated carbocycles. The molecule has 19 heavy (non-hydrogen) atoms. The predicted octanol–water partition coefficient (Wildman–Crippen LogP) is 2.98. The predicted molar refractivity (Wildman–Crippen MR) is 80.0 cm³/mol. The molecule has 1 rings (SSSR count). The summed E-state index contributed by atoms with van der Waals surface area (Å²) in [6, 6.07) is 9.65. The monoisotopic (exact) mass is 262 g/mol. The number of amides is 1. The van der Waals surface area contributed by atoms with Gasteiger partial charge in [0, 0.05) is 18.6 Å². The number of carbonyl (C=O) groups excluding carboxylic acids is 1. The van der Waals surface area contributed by atoms with Crippen LogP contribution < -0.4 is 5.32 Å². The Balaban J connectivity index is 3.03. The van der Waals surface area contributed by atoms with Gasteiger partial charge in [-0.15, -0.1) is 0 Å². The molecule has 0 saturated heterocycles. The molecule has 1 atom stereocenters. The Labute approximate surface area is 117 Å². The maximum atomic E-state index is 12.6. The zero-order valence-electron chi connectivity index (χ0n) is 12.7. The fraction of sp³-hybridized carbons (Fsp3) is 0.562. The van der Waals surface area contributed by atoms with Gasteiger partial charge in [0.05, 0.1) is 0 Å². The average molecular weight is 262 g/mol. The Bertz CT molecular complexity index is 391. The summed E-state index contributed by atoms with van der Waals surface area (Å²) in [5.41, 5.74) is 0.915. The van der Waals surface area contributed by atoms with Crippen LogP contribution in [0.4, 0.5) is 0 Å². The van der Waals surface area contributed by atoms with Crippen molar-refractivity contribution in [1.29, 1.82) is 0 Å². The molecule has 0 aliphatic carbocycles. The molecule has 0 bridgehead atoms. The normalized spacial score (nSPS) is 13.1. The SMILES string of the molecule is CCN(CC)C(=O)C(NC(C)(C)C)c1ccccc1. The second-order valence-electron chi connectivity index (χ2n) is 5.75. The van der Waals surface area contributed by atoms with Crippen molar-refractivity contribution >= 4 is 5.91 Å². The molecule has 0 aliphatic heterocycles. The Morgan fingerprint density at radius 2 is 1.68 bits per heavy atom. The molecule has 0 heterocycles. The van der Waals surface area contributed by atoms with Crippen LogP contribution >= 0.6 is 0 Å². The van der Waals surface area contributed by atoms with Gasteiger partial charge in [-0.3, -0.25) is 10.1 Å². The maximum Gasteiger partial charge on any atom is 0.244 e. The fourth-order valence-electron chi connectivity index (χ4n) is 2.08. The molecular formula is C16H26N2O. The number of likely N-dealkylation sites (N-methyl/N-ethyl adjacent to an activating group) is 1. The van der Waals surface area contributed by atoms with Gasteiger partial charge >= 0.3 is 0 Å². The molecule has 3 nitrogen and oxygen atoms in total. The van der Waals surface area contributed by atoms with E-state index in [2.05, 4.69) is 26.1 Å². The minimum absolute atomic E-state index is 0.108. The molecule has 1 aromatic rings. The van der Waals surface area contributed by atoms with Crippen LogP contribution in [0.5, 0.6) is 0 Å². The van der Waals surface area contributed by atoms with Gasteiger partial charge < -0.3 is 4.90 Å². The molecule has 0 radical (unpaired) electrons. The van der Waals surface area contributed by atoms with Crippen molar-refractivity contribution < 1.29 is 4.79 Å². The van der Waals surface area contributed by atoms with Crippen LogP contribution in [0.3, 0.4) is 0 Å². The highest BCUT2D eigenvalue weighted by Crippen LogP contribution is 2.19. The van der Waals surface area contributed by atoms with Crippen molar-refractivity contribution in [2.75, 3.05) is 13.1 Å². The Hall–Kier alpha value is -1.35. The van der Waals surface area contributed by atoms with Crippen molar-refractivity contribution in [1.82, 2.24) is 10.2 Å². The standard InChI is InChI=1S/C16H26N2O/c1-6-18(7-2)15(19)14(17-16(3,4)5)13-11-9-8-10-12-13/h8-12,14,17H,6-7H2,1-5H3. The maximum absolute atomic E-state index is 12.6. The van der Waals surface area contributed by atoms with E-state index in [1.165, 1.54) is 0 Å². The molecule has 0 spiro atoms. The van der Waals surface area contributed by atoms with E-state index >= 15 is 0 Å². The first-order valence-corrected chi connectivity index (χ1v) is 7.00. The minimum atomic E-state index is -0.277. The molecule has 1 N–H and O–H groups in total. The van der Waals surface area contributed by atoms with Crippen LogP contribution in [0.25, 0.3) is 0 Å². The lowest BCUT2D eigenvalue weighted by Gasteiger charge is -2.31. The first-order valence-electron chi connectivity index (χ1n) is 7.00. The molecule has 1 unspecified atom stereocenters. The third-order valence-electron chi connectivity index (χ3n) is 3.03. The van der Waals surface area contributed by atoms with E-state index in [4.69, 9.17) is 0 Å². The van der Waals surface area contributed by atoms with Gasteiger partial charge in [-0.2, -0.15) is 0 Å². The van der Waals surface area contributed by atoms with Gasteiger partial charge in [0.2, 0.25) is 5.91 Å². The number of nitrogens with zero attached hydrogens (tertiary/aromatic N) is 1. The summed E-state index contributed by atoms with van der Waals surface area (Å²) >= 11 is 0. The van der Waals surface area contributed by atoms with E-state index < -0.39 is 0 Å². The van der Waals surface area contributed by atoms with E-state index in [-0.39, 0.29) is 17.5 Å². The van der Waals surface area contributed by atoms with Gasteiger partial charge in [-0.25, -0.2) is 0 Å². The fourth-order valence-corrected chi connectivity index (χ4v) is 2.08. The first kappa shape index (κ1) is 15.7. The van der Waals surface area contributed by atoms with Gasteiger partial charge in [0.25, 0.3) is 0 Å². The summed E-state index contributed by atoms with van der Waals surface area (Å²) in [5.74, 6) is 0.145. The lowest BCUT2D eigenvalue weighted by atomic mass is 10.0. The van der Waals surface area contributed by atoms with Crippen molar-refractivity contribution in [2.24, 2.45) is 0 Å². The summed E-state index contributed by atoms with van der Waals surface area (Å²) in [6.45, 7) is 11.8. The van der Waals surface area contributed by atoms with Gasteiger partial charge in [0.1, 0.15) is 6.04 Å². The summed E-state index contributed by atoms with van der Waals surface area (Å²) in [5, 5.41) is 3.43. The van der Waals surface area contributed by atoms with Crippen molar-refractivity contribution in [3.63, 3.8) is 0 Å². The Kier molecular flexibility index (Phi) is 5.55. The van der Waals surface area contributed by atoms with E-state index in [9.17, 15) is 4.79 Å². The second kappa shape index (κ2) is 6.71. The highest BCUT2D eigenvalue weighted by Gasteiger charge is 2.27. The highest BCUT2D eigenvalue weighted by atomic mass is 16.2. The highest BCUT2D eigenvalue weighted by molar-refractivity contribution is 5.83. The Morgan fingerprint density at radius 3 is 2.11 bits per heavy atom. The quantitative estimate of drug-likeness (QED) is 0.884. The largest absolute Gasteiger partial charge is 0.342 e. The molecule has 1 amide bonds. The molecule has 0 aromatic heterocycles. The smallest absolute Gasteiger partial charge is 0.244 e. The molecule has 106 valence electrons. The number of hydrogen-bond acceptors (Lipinski definition) is 2. The van der Waals surface area contributed by atoms with Crippen LogP contribution in [0.1, 0.15) is 46.2 Å². The summed E-state index contributed by atoms with van der Waals surface area (Å²) in [6.07, 6.45) is 0. The van der Waals surface area contributed by atoms with E-state index in [1.54, 1.807) is 0 Å². The third kappa shape index (κ3) is 4.67. The topological polar surface area (TPSA) is 32.3 Å². The lowest BCUT2D eigenvalue weighted by Crippen LogP contribution is -2.47. The van der Waals surface area contributed by atoms with Crippen molar-refractivity contribution in [2.45, 2.75) is 46.2 Å². The average Bonchev–Trinajstić information content (AvgIpc) is 2.37. The van der Waals surface area contributed by atoms with E-state index in [0.717, 1.165) is 18.7 Å². The molecule has 0 fully saturated rings. The molecule has 3 heteroatoms. The number of hydrogen-bond donors (Lipinski definition) is 1. The first-order chi connectivity index (χ1) is 8.89. The summed E-state index contributed by atoms with van der Waals surface area (Å²) in [7, 11) is 0. The number of carbonyl (C=O) groups is 1.